The van der Waals surface area contributed by atoms with Crippen molar-refractivity contribution >= 4 is 5.91 Å². The first kappa shape index (κ1) is 29.7. The topological polar surface area (TPSA) is 55.2 Å². The lowest BCUT2D eigenvalue weighted by molar-refractivity contribution is 0.0757. The minimum Gasteiger partial charge on any atom is -0.493 e. The second-order valence-corrected chi connectivity index (χ2v) is 12.1. The molecule has 1 aliphatic rings. The fourth-order valence-electron chi connectivity index (χ4n) is 5.51. The van der Waals surface area contributed by atoms with Gasteiger partial charge in [0.05, 0.1) is 20.8 Å². The Morgan fingerprint density at radius 2 is 1.55 bits per heavy atom. The van der Waals surface area contributed by atoms with Crippen LogP contribution in [0.5, 0.6) is 11.5 Å². The minimum atomic E-state index is -0.103. The SMILES string of the molecule is COc1ccc(CCN(C)C(=O)c2ccc(CN(Cc3ccc(C(C)(C)C)cc3)C3CCCCC3)o2)cc1OC. The fourth-order valence-corrected chi connectivity index (χ4v) is 5.51. The van der Waals surface area contributed by atoms with Crippen LogP contribution in [-0.4, -0.2) is 49.6 Å². The maximum atomic E-state index is 13.2. The first-order chi connectivity index (χ1) is 19.2. The van der Waals surface area contributed by atoms with Gasteiger partial charge in [0.15, 0.2) is 17.3 Å². The van der Waals surface area contributed by atoms with E-state index < -0.39 is 0 Å². The summed E-state index contributed by atoms with van der Waals surface area (Å²) in [6, 6.07) is 19.2. The Labute approximate surface area is 240 Å². The van der Waals surface area contributed by atoms with Crippen LogP contribution in [0.15, 0.2) is 59.0 Å². The summed E-state index contributed by atoms with van der Waals surface area (Å²) >= 11 is 0. The van der Waals surface area contributed by atoms with Gasteiger partial charge in [-0.15, -0.1) is 0 Å². The van der Waals surface area contributed by atoms with Crippen LogP contribution in [0.1, 0.15) is 85.9 Å². The highest BCUT2D eigenvalue weighted by molar-refractivity contribution is 5.91. The molecule has 1 fully saturated rings. The lowest BCUT2D eigenvalue weighted by Crippen LogP contribution is -2.35. The van der Waals surface area contributed by atoms with Crippen molar-refractivity contribution in [2.75, 3.05) is 27.8 Å². The number of carbonyl (C=O) groups excluding carboxylic acids is 1. The van der Waals surface area contributed by atoms with Crippen LogP contribution in [0.2, 0.25) is 0 Å². The van der Waals surface area contributed by atoms with Crippen molar-refractivity contribution in [1.82, 2.24) is 9.80 Å². The number of amides is 1. The summed E-state index contributed by atoms with van der Waals surface area (Å²) in [6.45, 7) is 8.90. The molecule has 4 rings (SSSR count). The van der Waals surface area contributed by atoms with Crippen molar-refractivity contribution < 1.29 is 18.7 Å². The third kappa shape index (κ3) is 7.69. The summed E-state index contributed by atoms with van der Waals surface area (Å²) in [7, 11) is 5.07. The number of hydrogen-bond donors (Lipinski definition) is 0. The molecule has 0 radical (unpaired) electrons. The summed E-state index contributed by atoms with van der Waals surface area (Å²) in [4.78, 5) is 17.4. The highest BCUT2D eigenvalue weighted by Crippen LogP contribution is 2.29. The number of carbonyl (C=O) groups is 1. The molecule has 40 heavy (non-hydrogen) atoms. The molecule has 0 bridgehead atoms. The molecule has 0 aliphatic heterocycles. The third-order valence-corrected chi connectivity index (χ3v) is 8.06. The van der Waals surface area contributed by atoms with Gasteiger partial charge in [0.2, 0.25) is 0 Å². The molecule has 0 spiro atoms. The van der Waals surface area contributed by atoms with Crippen LogP contribution in [0.3, 0.4) is 0 Å². The summed E-state index contributed by atoms with van der Waals surface area (Å²) in [5.41, 5.74) is 3.89. The summed E-state index contributed by atoms with van der Waals surface area (Å²) in [6.07, 6.45) is 7.00. The van der Waals surface area contributed by atoms with E-state index in [1.807, 2.05) is 37.4 Å². The van der Waals surface area contributed by atoms with Crippen molar-refractivity contribution in [2.45, 2.75) is 83.8 Å². The van der Waals surface area contributed by atoms with E-state index in [4.69, 9.17) is 13.9 Å². The number of benzene rings is 2. The molecule has 1 saturated carbocycles. The Morgan fingerprint density at radius 3 is 2.20 bits per heavy atom. The van der Waals surface area contributed by atoms with Crippen LogP contribution in [0.25, 0.3) is 0 Å². The molecular formula is C34H46N2O4. The van der Waals surface area contributed by atoms with E-state index in [-0.39, 0.29) is 11.3 Å². The van der Waals surface area contributed by atoms with E-state index in [1.165, 1.54) is 43.2 Å². The first-order valence-electron chi connectivity index (χ1n) is 14.6. The Morgan fingerprint density at radius 1 is 0.875 bits per heavy atom. The van der Waals surface area contributed by atoms with E-state index in [2.05, 4.69) is 49.9 Å². The zero-order chi connectivity index (χ0) is 28.7. The van der Waals surface area contributed by atoms with Gasteiger partial charge in [-0.05, 0) is 65.6 Å². The van der Waals surface area contributed by atoms with Crippen LogP contribution in [0, 0.1) is 0 Å². The molecule has 0 unspecified atom stereocenters. The molecule has 0 atom stereocenters. The van der Waals surface area contributed by atoms with Gasteiger partial charge in [-0.25, -0.2) is 0 Å². The standard InChI is InChI=1S/C34H46N2O4/c1-34(2,3)27-15-12-26(13-16-27)23-36(28-10-8-7-9-11-28)24-29-17-19-31(40-29)33(37)35(4)21-20-25-14-18-30(38-5)32(22-25)39-6/h12-19,22,28H,7-11,20-21,23-24H2,1-6H3. The van der Waals surface area contributed by atoms with Gasteiger partial charge < -0.3 is 18.8 Å². The maximum Gasteiger partial charge on any atom is 0.289 e. The molecule has 1 aromatic heterocycles. The van der Waals surface area contributed by atoms with E-state index >= 15 is 0 Å². The quantitative estimate of drug-likeness (QED) is 0.254. The largest absolute Gasteiger partial charge is 0.493 e. The normalized spacial score (nSPS) is 14.4. The van der Waals surface area contributed by atoms with Crippen molar-refractivity contribution in [2.24, 2.45) is 0 Å². The van der Waals surface area contributed by atoms with E-state index in [0.29, 0.717) is 42.8 Å². The van der Waals surface area contributed by atoms with Crippen LogP contribution in [0.4, 0.5) is 0 Å². The van der Waals surface area contributed by atoms with Crippen molar-refractivity contribution in [3.05, 3.63) is 82.8 Å². The molecule has 0 N–H and O–H groups in total. The molecule has 1 aliphatic carbocycles. The van der Waals surface area contributed by atoms with Crippen LogP contribution < -0.4 is 9.47 Å². The van der Waals surface area contributed by atoms with E-state index in [1.54, 1.807) is 19.1 Å². The van der Waals surface area contributed by atoms with Gasteiger partial charge >= 0.3 is 0 Å². The van der Waals surface area contributed by atoms with Crippen LogP contribution >= 0.6 is 0 Å². The minimum absolute atomic E-state index is 0.103. The third-order valence-electron chi connectivity index (χ3n) is 8.06. The van der Waals surface area contributed by atoms with E-state index in [9.17, 15) is 4.79 Å². The molecule has 6 heteroatoms. The summed E-state index contributed by atoms with van der Waals surface area (Å²) in [5, 5.41) is 0. The lowest BCUT2D eigenvalue weighted by atomic mass is 9.86. The highest BCUT2D eigenvalue weighted by atomic mass is 16.5. The van der Waals surface area contributed by atoms with Gasteiger partial charge in [0.25, 0.3) is 5.91 Å². The number of nitrogens with zero attached hydrogens (tertiary/aromatic N) is 2. The average Bonchev–Trinajstić information content (AvgIpc) is 3.43. The molecule has 2 aromatic carbocycles. The molecule has 0 saturated heterocycles. The zero-order valence-electron chi connectivity index (χ0n) is 25.2. The Bertz CT molecular complexity index is 1240. The molecule has 1 amide bonds. The smallest absolute Gasteiger partial charge is 0.289 e. The number of furan rings is 1. The molecule has 216 valence electrons. The predicted molar refractivity (Wildman–Crippen MR) is 160 cm³/mol. The average molecular weight is 547 g/mol. The summed E-state index contributed by atoms with van der Waals surface area (Å²) in [5.74, 6) is 2.52. The highest BCUT2D eigenvalue weighted by Gasteiger charge is 2.24. The van der Waals surface area contributed by atoms with Gasteiger partial charge in [-0.2, -0.15) is 0 Å². The van der Waals surface area contributed by atoms with Crippen molar-refractivity contribution in [3.8, 4) is 11.5 Å². The van der Waals surface area contributed by atoms with E-state index in [0.717, 1.165) is 17.9 Å². The second-order valence-electron chi connectivity index (χ2n) is 12.1. The van der Waals surface area contributed by atoms with Crippen molar-refractivity contribution in [3.63, 3.8) is 0 Å². The van der Waals surface area contributed by atoms with Gasteiger partial charge in [0.1, 0.15) is 5.76 Å². The monoisotopic (exact) mass is 546 g/mol. The maximum absolute atomic E-state index is 13.2. The fraction of sp³-hybridized carbons (Fsp3) is 0.500. The summed E-state index contributed by atoms with van der Waals surface area (Å²) < 4.78 is 16.9. The van der Waals surface area contributed by atoms with Crippen molar-refractivity contribution in [1.29, 1.82) is 0 Å². The lowest BCUT2D eigenvalue weighted by Gasteiger charge is -2.34. The van der Waals surface area contributed by atoms with Gasteiger partial charge in [-0.1, -0.05) is 70.4 Å². The molecule has 1 heterocycles. The number of rotatable bonds is 11. The number of hydrogen-bond acceptors (Lipinski definition) is 5. The van der Waals surface area contributed by atoms with Crippen LogP contribution in [-0.2, 0) is 24.9 Å². The number of ether oxygens (including phenoxy) is 2. The number of methoxy groups -OCH3 is 2. The molecule has 6 nitrogen and oxygen atoms in total. The Balaban J connectivity index is 1.40. The first-order valence-corrected chi connectivity index (χ1v) is 14.6. The Kier molecular flexibility index (Phi) is 9.96. The van der Waals surface area contributed by atoms with Gasteiger partial charge in [0, 0.05) is 26.2 Å². The van der Waals surface area contributed by atoms with Gasteiger partial charge in [-0.3, -0.25) is 9.69 Å². The second kappa shape index (κ2) is 13.4. The Hall–Kier alpha value is -3.25. The molecule has 3 aromatic rings. The molecular weight excluding hydrogens is 500 g/mol. The predicted octanol–water partition coefficient (Wildman–Crippen LogP) is 7.24. The zero-order valence-corrected chi connectivity index (χ0v) is 25.2. The number of likely N-dealkylation sites (N-methyl/N-ethyl adjacent to an activating group) is 1.